The number of nitrogens with two attached hydrogens (primary N) is 1. The van der Waals surface area contributed by atoms with E-state index in [1.807, 2.05) is 18.2 Å². The Balaban J connectivity index is 3.00. The summed E-state index contributed by atoms with van der Waals surface area (Å²) < 4.78 is 0. The molecule has 0 aliphatic rings. The van der Waals surface area contributed by atoms with Gasteiger partial charge in [0.15, 0.2) is 0 Å². The van der Waals surface area contributed by atoms with Gasteiger partial charge in [0.1, 0.15) is 0 Å². The number of hydrogen-bond acceptors (Lipinski definition) is 1. The molecule has 0 aliphatic heterocycles. The van der Waals surface area contributed by atoms with Crippen molar-refractivity contribution in [2.45, 2.75) is 13.8 Å². The number of allylic oxidation sites excluding steroid dienone is 1. The molecule has 0 amide bonds. The van der Waals surface area contributed by atoms with E-state index in [0.717, 1.165) is 0 Å². The highest BCUT2D eigenvalue weighted by atomic mass is 14.5. The van der Waals surface area contributed by atoms with Crippen molar-refractivity contribution in [2.24, 2.45) is 5.73 Å². The molecule has 1 aromatic carbocycles. The third-order valence-electron chi connectivity index (χ3n) is 2.15. The van der Waals surface area contributed by atoms with Gasteiger partial charge in [0.2, 0.25) is 0 Å². The summed E-state index contributed by atoms with van der Waals surface area (Å²) in [6, 6.07) is 10.3. The summed E-state index contributed by atoms with van der Waals surface area (Å²) in [5.74, 6) is 0. The molecule has 1 aromatic rings. The van der Waals surface area contributed by atoms with Gasteiger partial charge in [-0.2, -0.15) is 0 Å². The molecule has 2 N–H and O–H groups in total. The fourth-order valence-corrected chi connectivity index (χ4v) is 1.09. The highest BCUT2D eigenvalue weighted by Crippen LogP contribution is 2.16. The zero-order valence-corrected chi connectivity index (χ0v) is 7.67. The van der Waals surface area contributed by atoms with Gasteiger partial charge in [-0.15, -0.1) is 0 Å². The summed E-state index contributed by atoms with van der Waals surface area (Å²) in [5, 5.41) is 0. The van der Waals surface area contributed by atoms with E-state index in [1.165, 1.54) is 16.7 Å². The summed E-state index contributed by atoms with van der Waals surface area (Å²) in [6.07, 6.45) is 0. The maximum Gasteiger partial charge on any atom is 0.0140 e. The van der Waals surface area contributed by atoms with Crippen LogP contribution in [0.3, 0.4) is 0 Å². The maximum atomic E-state index is 5.55. The van der Waals surface area contributed by atoms with E-state index in [2.05, 4.69) is 26.0 Å². The molecule has 0 heterocycles. The third kappa shape index (κ3) is 1.95. The smallest absolute Gasteiger partial charge is 0.0140 e. The number of hydrogen-bond donors (Lipinski definition) is 1. The van der Waals surface area contributed by atoms with Crippen LogP contribution >= 0.6 is 0 Å². The van der Waals surface area contributed by atoms with Gasteiger partial charge in [-0.25, -0.2) is 0 Å². The topological polar surface area (TPSA) is 26.0 Å². The second kappa shape index (κ2) is 4.07. The Hall–Kier alpha value is -1.08. The monoisotopic (exact) mass is 161 g/mol. The van der Waals surface area contributed by atoms with Gasteiger partial charge in [0.05, 0.1) is 0 Å². The zero-order valence-electron chi connectivity index (χ0n) is 7.67. The number of rotatable bonds is 2. The minimum Gasteiger partial charge on any atom is -0.327 e. The van der Waals surface area contributed by atoms with Crippen molar-refractivity contribution in [3.63, 3.8) is 0 Å². The molecule has 1 rings (SSSR count). The molecule has 0 radical (unpaired) electrons. The van der Waals surface area contributed by atoms with Crippen LogP contribution in [0.15, 0.2) is 35.9 Å². The number of benzene rings is 1. The van der Waals surface area contributed by atoms with E-state index in [1.54, 1.807) is 0 Å². The summed E-state index contributed by atoms with van der Waals surface area (Å²) >= 11 is 0. The molecule has 0 saturated heterocycles. The fraction of sp³-hybridized carbons (Fsp3) is 0.273. The molecule has 0 aromatic heterocycles. The van der Waals surface area contributed by atoms with Crippen molar-refractivity contribution in [1.82, 2.24) is 0 Å². The molecule has 0 unspecified atom stereocenters. The van der Waals surface area contributed by atoms with Gasteiger partial charge >= 0.3 is 0 Å². The van der Waals surface area contributed by atoms with Crippen LogP contribution in [0.1, 0.15) is 19.4 Å². The van der Waals surface area contributed by atoms with Crippen molar-refractivity contribution < 1.29 is 0 Å². The maximum absolute atomic E-state index is 5.55. The first-order valence-corrected chi connectivity index (χ1v) is 4.17. The molecule has 1 heteroatoms. The van der Waals surface area contributed by atoms with Crippen molar-refractivity contribution in [2.75, 3.05) is 6.54 Å². The molecular weight excluding hydrogens is 146 g/mol. The normalized spacial score (nSPS) is 12.6. The SMILES string of the molecule is CC(CN)=C(C)c1ccccc1. The predicted octanol–water partition coefficient (Wildman–Crippen LogP) is 2.44. The van der Waals surface area contributed by atoms with Crippen LogP contribution in [0.5, 0.6) is 0 Å². The van der Waals surface area contributed by atoms with Crippen LogP contribution in [0.2, 0.25) is 0 Å². The molecule has 0 spiro atoms. The van der Waals surface area contributed by atoms with E-state index < -0.39 is 0 Å². The summed E-state index contributed by atoms with van der Waals surface area (Å²) in [6.45, 7) is 4.82. The Morgan fingerprint density at radius 2 is 1.75 bits per heavy atom. The molecule has 0 saturated carbocycles. The second-order valence-corrected chi connectivity index (χ2v) is 2.98. The molecule has 1 nitrogen and oxygen atoms in total. The molecule has 64 valence electrons. The lowest BCUT2D eigenvalue weighted by Gasteiger charge is -2.04. The average molecular weight is 161 g/mol. The third-order valence-corrected chi connectivity index (χ3v) is 2.15. The standard InChI is InChI=1S/C11H15N/c1-9(8-12)10(2)11-6-4-3-5-7-11/h3-7H,8,12H2,1-2H3. The lowest BCUT2D eigenvalue weighted by molar-refractivity contribution is 1.14. The van der Waals surface area contributed by atoms with Crippen molar-refractivity contribution >= 4 is 5.57 Å². The lowest BCUT2D eigenvalue weighted by Crippen LogP contribution is -2.01. The first-order chi connectivity index (χ1) is 5.75. The summed E-state index contributed by atoms with van der Waals surface area (Å²) in [7, 11) is 0. The van der Waals surface area contributed by atoms with Crippen molar-refractivity contribution in [3.8, 4) is 0 Å². The first-order valence-electron chi connectivity index (χ1n) is 4.17. The highest BCUT2D eigenvalue weighted by molar-refractivity contribution is 5.66. The van der Waals surface area contributed by atoms with Crippen LogP contribution in [0.25, 0.3) is 5.57 Å². The molecule has 0 aliphatic carbocycles. The van der Waals surface area contributed by atoms with Gasteiger partial charge in [0, 0.05) is 6.54 Å². The van der Waals surface area contributed by atoms with Crippen LogP contribution in [0.4, 0.5) is 0 Å². The first kappa shape index (κ1) is 9.01. The Labute approximate surface area is 73.9 Å². The quantitative estimate of drug-likeness (QED) is 0.708. The molecule has 12 heavy (non-hydrogen) atoms. The summed E-state index contributed by atoms with van der Waals surface area (Å²) in [5.41, 5.74) is 9.36. The van der Waals surface area contributed by atoms with E-state index in [-0.39, 0.29) is 0 Å². The van der Waals surface area contributed by atoms with E-state index >= 15 is 0 Å². The Bertz CT molecular complexity index is 272. The van der Waals surface area contributed by atoms with E-state index in [4.69, 9.17) is 5.73 Å². The van der Waals surface area contributed by atoms with Gasteiger partial charge in [-0.3, -0.25) is 0 Å². The molecule has 0 bridgehead atoms. The zero-order chi connectivity index (χ0) is 8.97. The highest BCUT2D eigenvalue weighted by Gasteiger charge is 1.96. The largest absolute Gasteiger partial charge is 0.327 e. The minimum atomic E-state index is 0.640. The van der Waals surface area contributed by atoms with Gasteiger partial charge in [-0.05, 0) is 25.0 Å². The fourth-order valence-electron chi connectivity index (χ4n) is 1.09. The van der Waals surface area contributed by atoms with Crippen LogP contribution in [0, 0.1) is 0 Å². The van der Waals surface area contributed by atoms with Crippen LogP contribution in [-0.4, -0.2) is 6.54 Å². The van der Waals surface area contributed by atoms with Crippen LogP contribution in [-0.2, 0) is 0 Å². The Morgan fingerprint density at radius 1 is 1.17 bits per heavy atom. The van der Waals surface area contributed by atoms with E-state index in [9.17, 15) is 0 Å². The molecule has 0 fully saturated rings. The molecule has 0 atom stereocenters. The molecular formula is C11H15N. The van der Waals surface area contributed by atoms with E-state index in [0.29, 0.717) is 6.54 Å². The van der Waals surface area contributed by atoms with Gasteiger partial charge in [-0.1, -0.05) is 35.9 Å². The summed E-state index contributed by atoms with van der Waals surface area (Å²) in [4.78, 5) is 0. The van der Waals surface area contributed by atoms with Crippen molar-refractivity contribution in [1.29, 1.82) is 0 Å². The van der Waals surface area contributed by atoms with Gasteiger partial charge < -0.3 is 5.73 Å². The average Bonchev–Trinajstić information content (AvgIpc) is 2.17. The lowest BCUT2D eigenvalue weighted by atomic mass is 10.0. The van der Waals surface area contributed by atoms with Crippen LogP contribution < -0.4 is 5.73 Å². The van der Waals surface area contributed by atoms with Crippen molar-refractivity contribution in [3.05, 3.63) is 41.5 Å². The Kier molecular flexibility index (Phi) is 3.06. The van der Waals surface area contributed by atoms with Gasteiger partial charge in [0.25, 0.3) is 0 Å². The minimum absolute atomic E-state index is 0.640. The second-order valence-electron chi connectivity index (χ2n) is 2.98. The predicted molar refractivity (Wildman–Crippen MR) is 53.8 cm³/mol. The Morgan fingerprint density at radius 3 is 2.25 bits per heavy atom.